The number of quaternary nitrogens is 1. The lowest BCUT2D eigenvalue weighted by atomic mass is 9.89. The number of anilines is 2. The summed E-state index contributed by atoms with van der Waals surface area (Å²) in [5.74, 6) is -0.728. The van der Waals surface area contributed by atoms with Gasteiger partial charge in [0.15, 0.2) is 0 Å². The van der Waals surface area contributed by atoms with Gasteiger partial charge in [-0.25, -0.2) is 19.3 Å². The van der Waals surface area contributed by atoms with Crippen LogP contribution in [0.2, 0.25) is 0 Å². The minimum absolute atomic E-state index is 0.0183. The van der Waals surface area contributed by atoms with Crippen molar-refractivity contribution in [3.05, 3.63) is 86.5 Å². The van der Waals surface area contributed by atoms with E-state index in [1.54, 1.807) is 25.1 Å². The number of nitrogens with one attached hydrogen (secondary N) is 1. The van der Waals surface area contributed by atoms with E-state index >= 15 is 0 Å². The first kappa shape index (κ1) is 33.0. The monoisotopic (exact) mass is 627 g/mol. The highest BCUT2D eigenvalue weighted by Crippen LogP contribution is 2.44. The average molecular weight is 628 g/mol. The first-order valence-corrected chi connectivity index (χ1v) is 13.8. The van der Waals surface area contributed by atoms with E-state index in [0.29, 0.717) is 22.2 Å². The van der Waals surface area contributed by atoms with Crippen LogP contribution in [-0.4, -0.2) is 84.0 Å². The van der Waals surface area contributed by atoms with Crippen LogP contribution in [-0.2, 0) is 27.0 Å². The highest BCUT2D eigenvalue weighted by molar-refractivity contribution is 5.93. The molecule has 45 heavy (non-hydrogen) atoms. The number of benzene rings is 2. The maximum absolute atomic E-state index is 13.6. The summed E-state index contributed by atoms with van der Waals surface area (Å²) in [5, 5.41) is 24.5. The highest BCUT2D eigenvalue weighted by Gasteiger charge is 2.42. The maximum Gasteiger partial charge on any atom is 0.416 e. The fourth-order valence-corrected chi connectivity index (χ4v) is 5.77. The molecule has 0 saturated carbocycles. The molecule has 0 spiro atoms. The molecule has 3 heterocycles. The summed E-state index contributed by atoms with van der Waals surface area (Å²) in [4.78, 5) is 38.6. The molecule has 0 radical (unpaired) electrons. The van der Waals surface area contributed by atoms with Gasteiger partial charge < -0.3 is 19.1 Å². The minimum Gasteiger partial charge on any atom is -0.554 e. The Bertz CT molecular complexity index is 1720. The lowest BCUT2D eigenvalue weighted by molar-refractivity contribution is -0.926. The number of H-pyrrole nitrogens is 1. The minimum atomic E-state index is -4.61. The Morgan fingerprint density at radius 2 is 1.91 bits per heavy atom. The van der Waals surface area contributed by atoms with Crippen LogP contribution < -0.4 is 15.7 Å². The second-order valence-electron chi connectivity index (χ2n) is 11.1. The third-order valence-electron chi connectivity index (χ3n) is 8.14. The summed E-state index contributed by atoms with van der Waals surface area (Å²) in [7, 11) is 5.40. The summed E-state index contributed by atoms with van der Waals surface area (Å²) in [6, 6.07) is 10.9. The van der Waals surface area contributed by atoms with Gasteiger partial charge in [0.25, 0.3) is 0 Å². The average Bonchev–Trinajstić information content (AvgIpc) is 3.38. The summed E-state index contributed by atoms with van der Waals surface area (Å²) in [5.41, 5.74) is 0.640. The van der Waals surface area contributed by atoms with Crippen molar-refractivity contribution in [1.82, 2.24) is 19.7 Å². The first-order valence-electron chi connectivity index (χ1n) is 13.8. The third kappa shape index (κ3) is 6.61. The molecule has 12 nitrogen and oxygen atoms in total. The molecule has 3 aromatic rings. The number of esters is 1. The van der Waals surface area contributed by atoms with Crippen molar-refractivity contribution in [3.8, 4) is 6.07 Å². The van der Waals surface area contributed by atoms with E-state index in [0.717, 1.165) is 43.9 Å². The van der Waals surface area contributed by atoms with Crippen LogP contribution in [0.4, 0.5) is 24.8 Å². The van der Waals surface area contributed by atoms with Gasteiger partial charge in [-0.1, -0.05) is 12.1 Å². The smallest absolute Gasteiger partial charge is 0.416 e. The number of aromatic amines is 1. The van der Waals surface area contributed by atoms with Crippen LogP contribution in [0.3, 0.4) is 0 Å². The van der Waals surface area contributed by atoms with E-state index in [2.05, 4.69) is 35.3 Å². The molecule has 1 atom stereocenters. The van der Waals surface area contributed by atoms with Gasteiger partial charge in [-0.05, 0) is 49.9 Å². The first-order chi connectivity index (χ1) is 21.3. The van der Waals surface area contributed by atoms with Gasteiger partial charge in [0, 0.05) is 36.5 Å². The summed E-state index contributed by atoms with van der Waals surface area (Å²) < 4.78 is 48.0. The Balaban J connectivity index is 0.00000148. The number of carbonyl (C=O) groups excluding carboxylic acids is 2. The third-order valence-corrected chi connectivity index (χ3v) is 8.14. The standard InChI is InChI=1S/C29H30F3N7O3.CH2O2/c1-18-24(26(40)42-4)25(23-9-8-19(16-33)14-20(23)17-39(3)12-10-36(2)11-13-39)38-27(34-35-28(38)41)37(18)22-7-5-6-21(15-22)29(30,31)32;2-1-3/h5-9,14-15,25H,10-13,17H2,1-4H3;1H,(H,2,3)/t25-;/m1./s1. The molecular weight excluding hydrogens is 595 g/mol. The predicted molar refractivity (Wildman–Crippen MR) is 154 cm³/mol. The molecule has 1 saturated heterocycles. The normalized spacial score (nSPS) is 17.9. The van der Waals surface area contributed by atoms with E-state index < -0.39 is 35.9 Å². The molecule has 1 fully saturated rings. The van der Waals surface area contributed by atoms with Crippen LogP contribution in [0.25, 0.3) is 0 Å². The number of carboxylic acid groups (broad SMARTS) is 1. The number of fused-ring (bicyclic) bond motifs is 1. The number of rotatable bonds is 5. The molecule has 0 bridgehead atoms. The van der Waals surface area contributed by atoms with Crippen molar-refractivity contribution in [3.63, 3.8) is 0 Å². The van der Waals surface area contributed by atoms with Crippen molar-refractivity contribution in [2.24, 2.45) is 0 Å². The van der Waals surface area contributed by atoms with Crippen LogP contribution in [0.15, 0.2) is 58.5 Å². The Labute approximate surface area is 256 Å². The highest BCUT2D eigenvalue weighted by atomic mass is 19.4. The summed E-state index contributed by atoms with van der Waals surface area (Å²) in [6.07, 6.45) is -4.61. The molecule has 1 aromatic heterocycles. The largest absolute Gasteiger partial charge is 0.554 e. The van der Waals surface area contributed by atoms with Crippen LogP contribution in [0.1, 0.15) is 35.2 Å². The Hall–Kier alpha value is -4.94. The zero-order chi connectivity index (χ0) is 33.1. The van der Waals surface area contributed by atoms with Crippen LogP contribution in [0, 0.1) is 11.3 Å². The number of allylic oxidation sites excluding steroid dienone is 1. The van der Waals surface area contributed by atoms with E-state index in [1.807, 2.05) is 0 Å². The van der Waals surface area contributed by atoms with Gasteiger partial charge in [-0.15, -0.1) is 5.10 Å². The number of likely N-dealkylation sites (N-methyl/N-ethyl adjacent to an activating group) is 2. The second kappa shape index (κ2) is 13.0. The number of halogens is 3. The van der Waals surface area contributed by atoms with Gasteiger partial charge >= 0.3 is 17.8 Å². The Morgan fingerprint density at radius 3 is 2.51 bits per heavy atom. The van der Waals surface area contributed by atoms with Crippen molar-refractivity contribution in [1.29, 1.82) is 5.26 Å². The van der Waals surface area contributed by atoms with Gasteiger partial charge in [-0.2, -0.15) is 18.4 Å². The molecule has 238 valence electrons. The number of hydrogen-bond acceptors (Lipinski definition) is 9. The molecule has 5 rings (SSSR count). The number of piperazine rings is 1. The summed E-state index contributed by atoms with van der Waals surface area (Å²) >= 11 is 0. The molecule has 0 unspecified atom stereocenters. The lowest BCUT2D eigenvalue weighted by Crippen LogP contribution is -2.55. The number of carbonyl (C=O) groups is 2. The van der Waals surface area contributed by atoms with Crippen molar-refractivity contribution < 1.29 is 37.1 Å². The molecule has 2 aliphatic rings. The number of nitrogens with zero attached hydrogens (tertiary/aromatic N) is 6. The van der Waals surface area contributed by atoms with Gasteiger partial charge in [0.05, 0.1) is 50.0 Å². The topological polar surface area (TPSA) is 147 Å². The van der Waals surface area contributed by atoms with Gasteiger partial charge in [0.2, 0.25) is 5.95 Å². The van der Waals surface area contributed by atoms with E-state index in [1.165, 1.54) is 28.7 Å². The Kier molecular flexibility index (Phi) is 9.50. The van der Waals surface area contributed by atoms with E-state index in [4.69, 9.17) is 14.6 Å². The van der Waals surface area contributed by atoms with Crippen LogP contribution in [0.5, 0.6) is 0 Å². The molecular formula is C30H32F3N7O5. The zero-order valence-corrected chi connectivity index (χ0v) is 25.1. The lowest BCUT2D eigenvalue weighted by Gasteiger charge is -2.42. The van der Waals surface area contributed by atoms with Crippen molar-refractivity contribution >= 4 is 24.1 Å². The number of hydrogen-bond donors (Lipinski definition) is 1. The molecule has 15 heteroatoms. The SMILES string of the molecule is COC(=O)C1=C(C)N(c2cccc(C(F)(F)F)c2)c2n[nH]c(=O)n2[C@@H]1c1ccc(C#N)cc1C[N+]1(C)CCN(C)CC1.O=C[O-]. The molecule has 2 aliphatic heterocycles. The predicted octanol–water partition coefficient (Wildman–Crippen LogP) is 1.91. The molecule has 0 amide bonds. The molecule has 0 aliphatic carbocycles. The number of ether oxygens (including phenoxy) is 1. The quantitative estimate of drug-likeness (QED) is 0.255. The number of alkyl halides is 3. The Morgan fingerprint density at radius 1 is 1.24 bits per heavy atom. The molecule has 1 N–H and O–H groups in total. The van der Waals surface area contributed by atoms with Gasteiger partial charge in [0.1, 0.15) is 12.6 Å². The number of methoxy groups -OCH3 is 1. The zero-order valence-electron chi connectivity index (χ0n) is 25.1. The second-order valence-corrected chi connectivity index (χ2v) is 11.1. The fraction of sp³-hybridized carbons (Fsp3) is 0.367. The molecule has 2 aromatic carbocycles. The number of nitriles is 1. The summed E-state index contributed by atoms with van der Waals surface area (Å²) in [6.45, 7) is 5.10. The van der Waals surface area contributed by atoms with E-state index in [-0.39, 0.29) is 22.9 Å². The number of aromatic nitrogens is 3. The van der Waals surface area contributed by atoms with Crippen molar-refractivity contribution in [2.45, 2.75) is 25.7 Å². The van der Waals surface area contributed by atoms with Crippen LogP contribution >= 0.6 is 0 Å². The van der Waals surface area contributed by atoms with Gasteiger partial charge in [-0.3, -0.25) is 9.80 Å². The maximum atomic E-state index is 13.6. The van der Waals surface area contributed by atoms with Crippen molar-refractivity contribution in [2.75, 3.05) is 52.3 Å². The van der Waals surface area contributed by atoms with E-state index in [9.17, 15) is 28.0 Å². The fourth-order valence-electron chi connectivity index (χ4n) is 5.77.